The second-order valence-electron chi connectivity index (χ2n) is 30.5. The van der Waals surface area contributed by atoms with Crippen LogP contribution in [0.4, 0.5) is 0 Å². The molecule has 1 aromatic heterocycles. The van der Waals surface area contributed by atoms with Crippen molar-refractivity contribution in [2.24, 2.45) is 40.7 Å². The number of aliphatic carboxylic acids is 2. The molecule has 3 aromatic rings. The van der Waals surface area contributed by atoms with E-state index in [-0.39, 0.29) is 88.5 Å². The first-order valence-electron chi connectivity index (χ1n) is 39.2. The highest BCUT2D eigenvalue weighted by atomic mass is 16.4. The van der Waals surface area contributed by atoms with Gasteiger partial charge in [-0.3, -0.25) is 76.7 Å². The molecule has 1 aliphatic heterocycles. The first-order valence-corrected chi connectivity index (χ1v) is 39.2. The monoisotopic (exact) mass is 1680 g/mol. The Morgan fingerprint density at radius 3 is 1.40 bits per heavy atom. The van der Waals surface area contributed by atoms with Gasteiger partial charge in [-0.05, 0) is 119 Å². The van der Waals surface area contributed by atoms with Gasteiger partial charge in [0, 0.05) is 50.5 Å². The average molecular weight is 1680 g/mol. The Kier molecular flexibility index (Phi) is 41.4. The minimum absolute atomic E-state index is 0.0530. The van der Waals surface area contributed by atoms with Crippen molar-refractivity contribution in [3.05, 3.63) is 83.9 Å². The fraction of sp³-hybridized carbons (Fsp3) is 0.584. The molecule has 42 nitrogen and oxygen atoms in total. The van der Waals surface area contributed by atoms with Crippen molar-refractivity contribution in [1.29, 1.82) is 0 Å². The van der Waals surface area contributed by atoms with Gasteiger partial charge in [-0.1, -0.05) is 84.0 Å². The van der Waals surface area contributed by atoms with Crippen molar-refractivity contribution in [2.75, 3.05) is 19.7 Å². The topological polar surface area (TPSA) is 692 Å². The van der Waals surface area contributed by atoms with Crippen LogP contribution in [0.3, 0.4) is 0 Å². The number of amides is 15. The number of likely N-dealkylation sites (tertiary alicyclic amines) is 1. The van der Waals surface area contributed by atoms with Gasteiger partial charge in [0.25, 0.3) is 0 Å². The Balaban J connectivity index is 1.56. The smallest absolute Gasteiger partial charge is 0.326 e. The minimum atomic E-state index is -1.97. The number of nitrogens with zero attached hydrogens (tertiary/aromatic N) is 2. The number of carboxylic acid groups (broad SMARTS) is 2. The zero-order valence-corrected chi connectivity index (χ0v) is 67.9. The summed E-state index contributed by atoms with van der Waals surface area (Å²) < 4.78 is 0. The molecule has 1 fully saturated rings. The van der Waals surface area contributed by atoms with Gasteiger partial charge in [-0.2, -0.15) is 0 Å². The molecule has 0 radical (unpaired) electrons. The number of phenols is 1. The second kappa shape index (κ2) is 49.5. The number of aromatic nitrogens is 2. The predicted molar refractivity (Wildman–Crippen MR) is 424 cm³/mol. The van der Waals surface area contributed by atoms with Gasteiger partial charge >= 0.3 is 11.9 Å². The molecule has 0 bridgehead atoms. The number of imidazole rings is 1. The van der Waals surface area contributed by atoms with Gasteiger partial charge in [-0.15, -0.1) is 0 Å². The van der Waals surface area contributed by atoms with Crippen molar-refractivity contribution in [3.8, 4) is 5.75 Å². The van der Waals surface area contributed by atoms with Crippen LogP contribution in [-0.4, -0.2) is 263 Å². The Morgan fingerprint density at radius 2 is 0.933 bits per heavy atom. The fourth-order valence-corrected chi connectivity index (χ4v) is 12.7. The first-order chi connectivity index (χ1) is 56.0. The molecule has 658 valence electrons. The molecular weight excluding hydrogens is 1560 g/mol. The molecule has 15 amide bonds. The molecule has 0 aliphatic carbocycles. The lowest BCUT2D eigenvalue weighted by atomic mass is 9.99. The highest BCUT2D eigenvalue weighted by Gasteiger charge is 2.44. The number of unbranched alkanes of at least 4 members (excludes halogenated alkanes) is 1. The number of hydrogen-bond acceptors (Lipinski definition) is 24. The van der Waals surface area contributed by atoms with E-state index in [1.54, 1.807) is 58.0 Å². The maximum absolute atomic E-state index is 14.8. The van der Waals surface area contributed by atoms with E-state index in [1.807, 2.05) is 0 Å². The summed E-state index contributed by atoms with van der Waals surface area (Å²) in [6, 6.07) is -8.81. The van der Waals surface area contributed by atoms with Gasteiger partial charge in [-0.25, -0.2) is 9.78 Å². The van der Waals surface area contributed by atoms with Gasteiger partial charge < -0.3 is 127 Å². The number of aromatic amines is 1. The van der Waals surface area contributed by atoms with Crippen molar-refractivity contribution in [3.63, 3.8) is 0 Å². The molecule has 119 heavy (non-hydrogen) atoms. The highest BCUT2D eigenvalue weighted by Crippen LogP contribution is 2.23. The van der Waals surface area contributed by atoms with E-state index in [9.17, 15) is 112 Å². The average Bonchev–Trinajstić information content (AvgIpc) is 1.73. The van der Waals surface area contributed by atoms with Crippen LogP contribution < -0.4 is 86.7 Å². The van der Waals surface area contributed by atoms with Crippen LogP contribution in [0.5, 0.6) is 5.75 Å². The number of nitrogens with two attached hydrogens (primary N) is 4. The summed E-state index contributed by atoms with van der Waals surface area (Å²) in [6.45, 7) is 11.2. The second-order valence-corrected chi connectivity index (χ2v) is 30.5. The number of benzene rings is 2. The molecule has 27 N–H and O–H groups in total. The molecule has 2 aromatic carbocycles. The molecular formula is C77H117N19O23. The number of aliphatic hydroxyl groups excluding tert-OH is 3. The number of rotatable bonds is 52. The van der Waals surface area contributed by atoms with Gasteiger partial charge in [0.2, 0.25) is 88.6 Å². The number of H-pyrrole nitrogens is 1. The van der Waals surface area contributed by atoms with Crippen LogP contribution in [0.1, 0.15) is 149 Å². The maximum Gasteiger partial charge on any atom is 0.326 e. The van der Waals surface area contributed by atoms with E-state index in [0.717, 1.165) is 18.7 Å². The van der Waals surface area contributed by atoms with Crippen molar-refractivity contribution in [1.82, 2.24) is 78.7 Å². The Morgan fingerprint density at radius 1 is 0.496 bits per heavy atom. The minimum Gasteiger partial charge on any atom is -0.508 e. The lowest BCUT2D eigenvalue weighted by Crippen LogP contribution is -2.63. The van der Waals surface area contributed by atoms with Gasteiger partial charge in [0.1, 0.15) is 90.3 Å². The van der Waals surface area contributed by atoms with Crippen LogP contribution in [0.2, 0.25) is 0 Å². The van der Waals surface area contributed by atoms with E-state index < -0.39 is 242 Å². The quantitative estimate of drug-likeness (QED) is 0.0234. The van der Waals surface area contributed by atoms with E-state index in [2.05, 4.69) is 73.8 Å². The Hall–Kier alpha value is -11.8. The molecule has 0 spiro atoms. The van der Waals surface area contributed by atoms with Crippen LogP contribution in [0.15, 0.2) is 67.1 Å². The summed E-state index contributed by atoms with van der Waals surface area (Å²) in [4.78, 5) is 242. The number of phenolic OH excluding ortho intramolecular Hbond substituents is 1. The molecule has 1 aliphatic rings. The predicted octanol–water partition coefficient (Wildman–Crippen LogP) is -6.00. The molecule has 2 heterocycles. The number of carboxylic acids is 2. The number of aromatic hydroxyl groups is 1. The molecule has 42 heteroatoms. The summed E-state index contributed by atoms with van der Waals surface area (Å²) in [7, 11) is 0. The maximum atomic E-state index is 14.8. The number of hydrogen-bond donors (Lipinski definition) is 23. The molecule has 1 saturated heterocycles. The summed E-state index contributed by atoms with van der Waals surface area (Å²) in [5, 5.41) is 91.0. The Labute approximate surface area is 687 Å². The van der Waals surface area contributed by atoms with Gasteiger partial charge in [0.05, 0.1) is 31.6 Å². The number of nitrogens with one attached hydrogen (secondary N) is 13. The molecule has 0 unspecified atom stereocenters. The standard InChI is InChI=1S/C77H117N19O23/c1-38(2)29-51(68(109)89-52(30-39(3)4)72(113)95-62(41(7)98)74(115)86-49(23-25-58(80)101)66(107)92-56(77(118)119)33-45-35-82-37-83-45)88-71(112)55(34-59(81)102)91-73(114)57-18-14-28-96(57)76(117)61(40(5)6)93-75(116)63(42(8)99)94-67(108)50(24-26-60(103)104)85-70(111)54(32-44-19-21-46(100)22-20-44)90-65(106)48(17-12-13-27-78)84-69(110)53(87-64(105)47(79)36-97)31-43-15-10-9-11-16-43/h9-11,15-16,19-22,35,37-42,47-57,61-63,97-100H,12-14,17-18,23-34,36,78-79H2,1-8H3,(H2,80,101)(H2,81,102)(H,82,83)(H,84,110)(H,85,111)(H,86,115)(H,87,105)(H,88,112)(H,89,109)(H,90,106)(H,91,114)(H,92,107)(H,93,116)(H,94,108)(H,95,113)(H,103,104)(H,118,119)/t41-,42-,47+,48+,49+,50+,51+,52+,53+,54+,55+,56+,57+,61+,62+,63+/m1/s1. The first kappa shape index (κ1) is 99.6. The summed E-state index contributed by atoms with van der Waals surface area (Å²) in [5.41, 5.74) is 23.7. The van der Waals surface area contributed by atoms with Crippen molar-refractivity contribution in [2.45, 2.75) is 248 Å². The number of carbonyl (C=O) groups excluding carboxylic acids is 15. The van der Waals surface area contributed by atoms with E-state index in [1.165, 1.54) is 50.6 Å². The third kappa shape index (κ3) is 34.0. The van der Waals surface area contributed by atoms with Gasteiger partial charge in [0.15, 0.2) is 0 Å². The SMILES string of the molecule is CC(C)C[C@H](NC(=O)[C@H](CC(N)=O)NC(=O)[C@@H]1CCCN1C(=O)[C@@H](NC(=O)[C@@H](NC(=O)[C@H](CCC(=O)O)NC(=O)[C@H](Cc1ccc(O)cc1)NC(=O)[C@H](CCCCN)NC(=O)[C@H](Cc1ccccc1)NC(=O)[C@@H](N)CO)[C@@H](C)O)C(C)C)C(=O)N[C@@H](CC(C)C)C(=O)N[C@H](C(=O)N[C@@H](CCC(N)=O)C(=O)N[C@@H](Cc1cnc[nH]1)C(=O)O)[C@@H](C)O. The lowest BCUT2D eigenvalue weighted by molar-refractivity contribution is -0.144. The number of aliphatic hydroxyl groups is 3. The van der Waals surface area contributed by atoms with E-state index >= 15 is 0 Å². The van der Waals surface area contributed by atoms with Crippen LogP contribution in [0.25, 0.3) is 0 Å². The number of primary amides is 2. The zero-order valence-electron chi connectivity index (χ0n) is 67.9. The fourth-order valence-electron chi connectivity index (χ4n) is 12.7. The van der Waals surface area contributed by atoms with Crippen LogP contribution in [0, 0.1) is 17.8 Å². The van der Waals surface area contributed by atoms with Crippen molar-refractivity contribution < 1.29 is 112 Å². The summed E-state index contributed by atoms with van der Waals surface area (Å²) in [5.74, 6) is -20.3. The van der Waals surface area contributed by atoms with Crippen molar-refractivity contribution >= 4 is 101 Å². The Bertz CT molecular complexity index is 3940. The highest BCUT2D eigenvalue weighted by molar-refractivity contribution is 6.01. The van der Waals surface area contributed by atoms with Crippen LogP contribution >= 0.6 is 0 Å². The summed E-state index contributed by atoms with van der Waals surface area (Å²) in [6.07, 6.45) is -4.54. The largest absolute Gasteiger partial charge is 0.508 e. The summed E-state index contributed by atoms with van der Waals surface area (Å²) >= 11 is 0. The van der Waals surface area contributed by atoms with Crippen LogP contribution in [-0.2, 0) is 101 Å². The van der Waals surface area contributed by atoms with E-state index in [0.29, 0.717) is 23.2 Å². The zero-order chi connectivity index (χ0) is 89.1. The number of carbonyl (C=O) groups is 17. The van der Waals surface area contributed by atoms with E-state index in [4.69, 9.17) is 22.9 Å². The molecule has 4 rings (SSSR count). The molecule has 0 saturated carbocycles. The third-order valence-corrected chi connectivity index (χ3v) is 19.1. The molecule has 16 atom stereocenters. The normalized spacial score (nSPS) is 16.4. The third-order valence-electron chi connectivity index (χ3n) is 19.1. The lowest BCUT2D eigenvalue weighted by Gasteiger charge is -2.33.